The Hall–Kier alpha value is -3.29. The Balaban J connectivity index is 1.86. The van der Waals surface area contributed by atoms with Gasteiger partial charge < -0.3 is 19.7 Å². The largest absolute Gasteiger partial charge is 0.466 e. The number of rotatable bonds is 8. The normalized spacial score (nSPS) is 19.2. The van der Waals surface area contributed by atoms with Crippen molar-refractivity contribution in [2.75, 3.05) is 44.9 Å². The number of aryl methyl sites for hydroxylation is 1. The van der Waals surface area contributed by atoms with Crippen molar-refractivity contribution in [3.8, 4) is 0 Å². The summed E-state index contributed by atoms with van der Waals surface area (Å²) in [4.78, 5) is 60.0. The Bertz CT molecular complexity index is 1360. The van der Waals surface area contributed by atoms with Gasteiger partial charge >= 0.3 is 5.97 Å². The number of piperazine rings is 1. The molecule has 0 radical (unpaired) electrons. The predicted octanol–water partition coefficient (Wildman–Crippen LogP) is 1.11. The van der Waals surface area contributed by atoms with Crippen LogP contribution in [0.5, 0.6) is 0 Å². The second-order valence-electron chi connectivity index (χ2n) is 8.42. The number of thiocarbonyl (C=S) groups is 1. The number of esters is 1. The Morgan fingerprint density at radius 2 is 2.11 bits per heavy atom. The number of amides is 2. The molecule has 4 rings (SSSR count). The van der Waals surface area contributed by atoms with Gasteiger partial charge in [-0.1, -0.05) is 30.0 Å². The van der Waals surface area contributed by atoms with E-state index in [1.54, 1.807) is 24.1 Å². The number of methoxy groups -OCH3 is 1. The van der Waals surface area contributed by atoms with E-state index in [1.165, 1.54) is 22.5 Å². The molecule has 2 saturated heterocycles. The molecule has 2 fully saturated rings. The molecule has 2 aromatic rings. The van der Waals surface area contributed by atoms with Crippen molar-refractivity contribution in [1.82, 2.24) is 19.6 Å². The molecule has 0 saturated carbocycles. The molecule has 11 nitrogen and oxygen atoms in total. The van der Waals surface area contributed by atoms with Crippen molar-refractivity contribution in [2.24, 2.45) is 0 Å². The van der Waals surface area contributed by atoms with Crippen LogP contribution in [0.3, 0.4) is 0 Å². The van der Waals surface area contributed by atoms with Crippen molar-refractivity contribution in [3.05, 3.63) is 44.7 Å². The van der Waals surface area contributed by atoms with Crippen LogP contribution in [0.15, 0.2) is 28.0 Å². The zero-order valence-corrected chi connectivity index (χ0v) is 22.3. The maximum Gasteiger partial charge on any atom is 0.308 e. The van der Waals surface area contributed by atoms with E-state index in [4.69, 9.17) is 26.7 Å². The van der Waals surface area contributed by atoms with Gasteiger partial charge in [0, 0.05) is 26.4 Å². The van der Waals surface area contributed by atoms with Crippen LogP contribution in [-0.4, -0.2) is 82.4 Å². The SMILES string of the molecule is CCOC(=O)CC1C(=O)NCCN1c1nc2ccc(C)cn2c(=O)c1C=C1SC(=S)N(CCOC)C1=O. The van der Waals surface area contributed by atoms with E-state index in [2.05, 4.69) is 5.32 Å². The maximum atomic E-state index is 13.8. The monoisotopic (exact) mass is 545 g/mol. The Labute approximate surface area is 222 Å². The number of nitrogens with one attached hydrogen (secondary N) is 1. The third kappa shape index (κ3) is 5.53. The fraction of sp³-hybridized carbons (Fsp3) is 0.417. The van der Waals surface area contributed by atoms with Gasteiger partial charge in [0.2, 0.25) is 5.91 Å². The van der Waals surface area contributed by atoms with Crippen LogP contribution >= 0.6 is 24.0 Å². The summed E-state index contributed by atoms with van der Waals surface area (Å²) in [7, 11) is 1.53. The molecule has 0 bridgehead atoms. The second-order valence-corrected chi connectivity index (χ2v) is 10.1. The van der Waals surface area contributed by atoms with Crippen molar-refractivity contribution in [3.63, 3.8) is 0 Å². The highest BCUT2D eigenvalue weighted by Gasteiger charge is 2.36. The number of aromatic nitrogens is 2. The molecular weight excluding hydrogens is 518 g/mol. The van der Waals surface area contributed by atoms with Crippen LogP contribution in [0, 0.1) is 6.92 Å². The Morgan fingerprint density at radius 3 is 2.84 bits per heavy atom. The molecule has 37 heavy (non-hydrogen) atoms. The summed E-state index contributed by atoms with van der Waals surface area (Å²) in [5, 5.41) is 2.76. The van der Waals surface area contributed by atoms with Crippen LogP contribution in [0.2, 0.25) is 0 Å². The minimum atomic E-state index is -0.934. The van der Waals surface area contributed by atoms with Crippen LogP contribution in [0.25, 0.3) is 11.7 Å². The summed E-state index contributed by atoms with van der Waals surface area (Å²) in [6.45, 7) is 4.91. The number of nitrogens with zero attached hydrogens (tertiary/aromatic N) is 4. The molecule has 1 unspecified atom stereocenters. The summed E-state index contributed by atoms with van der Waals surface area (Å²) in [5.41, 5.74) is 0.931. The van der Waals surface area contributed by atoms with E-state index < -0.39 is 17.6 Å². The van der Waals surface area contributed by atoms with Crippen molar-refractivity contribution < 1.29 is 23.9 Å². The first-order chi connectivity index (χ1) is 17.7. The quantitative estimate of drug-likeness (QED) is 0.293. The summed E-state index contributed by atoms with van der Waals surface area (Å²) in [6, 6.07) is 2.60. The highest BCUT2D eigenvalue weighted by molar-refractivity contribution is 8.26. The van der Waals surface area contributed by atoms with Crippen molar-refractivity contribution >= 4 is 63.6 Å². The number of carbonyl (C=O) groups is 3. The smallest absolute Gasteiger partial charge is 0.308 e. The lowest BCUT2D eigenvalue weighted by atomic mass is 10.1. The number of fused-ring (bicyclic) bond motifs is 1. The van der Waals surface area contributed by atoms with Gasteiger partial charge in [0.1, 0.15) is 21.8 Å². The Morgan fingerprint density at radius 1 is 1.32 bits per heavy atom. The molecule has 2 aliphatic rings. The van der Waals surface area contributed by atoms with Crippen molar-refractivity contribution in [1.29, 1.82) is 0 Å². The third-order valence-electron chi connectivity index (χ3n) is 5.92. The average Bonchev–Trinajstić information content (AvgIpc) is 3.13. The first-order valence-electron chi connectivity index (χ1n) is 11.7. The summed E-state index contributed by atoms with van der Waals surface area (Å²) in [6.07, 6.45) is 2.92. The molecule has 2 aromatic heterocycles. The van der Waals surface area contributed by atoms with E-state index in [9.17, 15) is 19.2 Å². The molecule has 2 aliphatic heterocycles. The fourth-order valence-corrected chi connectivity index (χ4v) is 5.44. The van der Waals surface area contributed by atoms with Gasteiger partial charge in [-0.25, -0.2) is 4.98 Å². The molecule has 2 amide bonds. The van der Waals surface area contributed by atoms with Crippen LogP contribution in [0.1, 0.15) is 24.5 Å². The third-order valence-corrected chi connectivity index (χ3v) is 7.30. The number of hydrogen-bond donors (Lipinski definition) is 1. The highest BCUT2D eigenvalue weighted by atomic mass is 32.2. The summed E-state index contributed by atoms with van der Waals surface area (Å²) >= 11 is 6.46. The summed E-state index contributed by atoms with van der Waals surface area (Å²) in [5.74, 6) is -1.04. The topological polar surface area (TPSA) is 123 Å². The van der Waals surface area contributed by atoms with E-state index in [0.717, 1.165) is 17.3 Å². The lowest BCUT2D eigenvalue weighted by Gasteiger charge is -2.36. The van der Waals surface area contributed by atoms with Crippen LogP contribution in [-0.2, 0) is 23.9 Å². The molecule has 1 N–H and O–H groups in total. The lowest BCUT2D eigenvalue weighted by Crippen LogP contribution is -2.57. The molecule has 0 spiro atoms. The fourth-order valence-electron chi connectivity index (χ4n) is 4.15. The van der Waals surface area contributed by atoms with E-state index in [0.29, 0.717) is 29.7 Å². The molecule has 196 valence electrons. The number of hydrogen-bond acceptors (Lipinski definition) is 10. The van der Waals surface area contributed by atoms with Gasteiger partial charge in [-0.3, -0.25) is 28.5 Å². The number of thioether (sulfide) groups is 1. The van der Waals surface area contributed by atoms with Gasteiger partial charge in [0.15, 0.2) is 0 Å². The van der Waals surface area contributed by atoms with Gasteiger partial charge in [0.05, 0.1) is 36.6 Å². The highest BCUT2D eigenvalue weighted by Crippen LogP contribution is 2.34. The standard InChI is InChI=1S/C24H27N5O6S2/c1-4-35-19(30)12-16-21(31)25-7-8-27(16)20-15(22(32)29-13-14(2)5-6-18(29)26-20)11-17-23(33)28(9-10-34-3)24(36)37-17/h5-6,11,13,16H,4,7-10,12H2,1-3H3,(H,25,31). The summed E-state index contributed by atoms with van der Waals surface area (Å²) < 4.78 is 11.9. The minimum Gasteiger partial charge on any atom is -0.466 e. The lowest BCUT2D eigenvalue weighted by molar-refractivity contribution is -0.145. The van der Waals surface area contributed by atoms with Gasteiger partial charge in [-0.05, 0) is 31.6 Å². The van der Waals surface area contributed by atoms with E-state index in [-0.39, 0.29) is 47.7 Å². The van der Waals surface area contributed by atoms with Gasteiger partial charge in [0.25, 0.3) is 11.5 Å². The van der Waals surface area contributed by atoms with E-state index >= 15 is 0 Å². The van der Waals surface area contributed by atoms with Gasteiger partial charge in [-0.2, -0.15) is 0 Å². The molecule has 0 aliphatic carbocycles. The first kappa shape index (κ1) is 26.8. The number of pyridine rings is 1. The zero-order valence-electron chi connectivity index (χ0n) is 20.7. The molecule has 1 atom stereocenters. The molecule has 4 heterocycles. The van der Waals surface area contributed by atoms with Crippen LogP contribution < -0.4 is 15.8 Å². The first-order valence-corrected chi connectivity index (χ1v) is 12.9. The number of anilines is 1. The van der Waals surface area contributed by atoms with Crippen molar-refractivity contribution in [2.45, 2.75) is 26.3 Å². The van der Waals surface area contributed by atoms with Crippen LogP contribution in [0.4, 0.5) is 5.82 Å². The van der Waals surface area contributed by atoms with Gasteiger partial charge in [-0.15, -0.1) is 0 Å². The Kier molecular flexibility index (Phi) is 8.25. The molecule has 0 aromatic carbocycles. The van der Waals surface area contributed by atoms with E-state index in [1.807, 2.05) is 13.0 Å². The zero-order chi connectivity index (χ0) is 26.7. The molecule has 13 heteroatoms. The number of ether oxygens (including phenoxy) is 2. The minimum absolute atomic E-state index is 0.124. The maximum absolute atomic E-state index is 13.8. The molecular formula is C24H27N5O6S2. The second kappa shape index (κ2) is 11.4. The number of carbonyl (C=O) groups excluding carboxylic acids is 3. The average molecular weight is 546 g/mol. The predicted molar refractivity (Wildman–Crippen MR) is 143 cm³/mol.